The Bertz CT molecular complexity index is 862. The molecule has 8 nitrogen and oxygen atoms in total. The number of nitrogens with zero attached hydrogens (tertiary/aromatic N) is 1. The highest BCUT2D eigenvalue weighted by Crippen LogP contribution is 2.28. The smallest absolute Gasteiger partial charge is 0.252 e. The van der Waals surface area contributed by atoms with E-state index in [4.69, 9.17) is 15.3 Å². The molecule has 0 unspecified atom stereocenters. The lowest BCUT2D eigenvalue weighted by Gasteiger charge is -2.20. The van der Waals surface area contributed by atoms with E-state index in [0.717, 1.165) is 30.1 Å². The Labute approximate surface area is 162 Å². The van der Waals surface area contributed by atoms with E-state index in [2.05, 4.69) is 21.6 Å². The predicted octanol–water partition coefficient (Wildman–Crippen LogP) is 2.98. The minimum atomic E-state index is -0.737. The van der Waals surface area contributed by atoms with Crippen LogP contribution in [-0.4, -0.2) is 16.8 Å². The first-order valence-corrected chi connectivity index (χ1v) is 9.05. The first-order valence-electron chi connectivity index (χ1n) is 8.22. The lowest BCUT2D eigenvalue weighted by atomic mass is 10.1. The number of para-hydroxylation sites is 1. The molecule has 27 heavy (non-hydrogen) atoms. The van der Waals surface area contributed by atoms with Gasteiger partial charge in [-0.2, -0.15) is 4.40 Å². The number of benzene rings is 1. The molecule has 1 atom stereocenters. The Hall–Kier alpha value is -2.91. The molecule has 1 amide bonds. The first kappa shape index (κ1) is 20.4. The number of carbonyl (C=O) groups excluding carboxylic acids is 1. The number of amidine groups is 1. The van der Waals surface area contributed by atoms with Gasteiger partial charge in [0.1, 0.15) is 11.5 Å². The number of aryl methyl sites for hydroxylation is 1. The maximum Gasteiger partial charge on any atom is 0.252 e. The van der Waals surface area contributed by atoms with Gasteiger partial charge in [-0.25, -0.2) is 0 Å². The van der Waals surface area contributed by atoms with Crippen LogP contribution in [0, 0.1) is 6.92 Å². The molecule has 0 saturated carbocycles. The number of furan rings is 1. The van der Waals surface area contributed by atoms with Crippen LogP contribution in [0.3, 0.4) is 0 Å². The van der Waals surface area contributed by atoms with Gasteiger partial charge in [0.2, 0.25) is 0 Å². The van der Waals surface area contributed by atoms with Crippen molar-refractivity contribution in [3.8, 4) is 5.75 Å². The number of carbonyl (C=O) groups is 1. The van der Waals surface area contributed by atoms with Crippen LogP contribution in [0.15, 0.2) is 51.4 Å². The third-order valence-electron chi connectivity index (χ3n) is 3.85. The average molecular weight is 389 g/mol. The number of hydrogen-bond acceptors (Lipinski definition) is 7. The minimum absolute atomic E-state index is 0.00387. The number of hydrogen-bond donors (Lipinski definition) is 5. The highest BCUT2D eigenvalue weighted by atomic mass is 32.2. The maximum absolute atomic E-state index is 11.4. The Balaban J connectivity index is 2.22. The van der Waals surface area contributed by atoms with Crippen LogP contribution in [0.1, 0.15) is 41.3 Å². The van der Waals surface area contributed by atoms with Crippen molar-refractivity contribution < 1.29 is 14.3 Å². The average Bonchev–Trinajstić information content (AvgIpc) is 3.06. The maximum atomic E-state index is 11.4. The first-order chi connectivity index (χ1) is 12.9. The summed E-state index contributed by atoms with van der Waals surface area (Å²) in [6, 6.07) is 8.26. The van der Waals surface area contributed by atoms with E-state index < -0.39 is 5.91 Å². The third-order valence-corrected chi connectivity index (χ3v) is 4.13. The van der Waals surface area contributed by atoms with E-state index in [0.29, 0.717) is 11.5 Å². The quantitative estimate of drug-likeness (QED) is 0.202. The summed E-state index contributed by atoms with van der Waals surface area (Å²) in [7, 11) is 0. The summed E-state index contributed by atoms with van der Waals surface area (Å²) >= 11 is 0.736. The zero-order valence-corrected chi connectivity index (χ0v) is 16.0. The summed E-state index contributed by atoms with van der Waals surface area (Å²) in [5, 5.41) is 21.9. The topological polar surface area (TPSA) is 139 Å². The Morgan fingerprint density at radius 1 is 1.41 bits per heavy atom. The van der Waals surface area contributed by atoms with Crippen molar-refractivity contribution in [1.29, 1.82) is 0 Å². The minimum Gasteiger partial charge on any atom is -0.505 e. The molecule has 1 heterocycles. The van der Waals surface area contributed by atoms with E-state index in [9.17, 15) is 9.90 Å². The molecule has 0 aliphatic rings. The summed E-state index contributed by atoms with van der Waals surface area (Å²) in [4.78, 5) is 11.4. The van der Waals surface area contributed by atoms with Crippen LogP contribution in [0.4, 0.5) is 5.69 Å². The predicted molar refractivity (Wildman–Crippen MR) is 108 cm³/mol. The summed E-state index contributed by atoms with van der Waals surface area (Å²) in [5.41, 5.74) is 5.95. The number of primary amides is 1. The van der Waals surface area contributed by atoms with Gasteiger partial charge in [0.05, 0.1) is 35.1 Å². The van der Waals surface area contributed by atoms with Crippen molar-refractivity contribution >= 4 is 29.6 Å². The van der Waals surface area contributed by atoms with Crippen molar-refractivity contribution in [1.82, 2.24) is 5.32 Å². The standard InChI is InChI=1S/C18H23N5O3S/c1-4-13(15-9-8-10(2)26-15)21-11(3)18(23-27-20)22-14-7-5-6-12(16(14)24)17(19)25/h5-9,13,21,24H,3-4,20H2,1-2H3,(H2,19,25)(H,22,23)/t13-/m1/s1. The zero-order valence-electron chi connectivity index (χ0n) is 15.2. The van der Waals surface area contributed by atoms with Gasteiger partial charge in [0, 0.05) is 0 Å². The van der Waals surface area contributed by atoms with Crippen LogP contribution in [0.5, 0.6) is 5.75 Å². The Kier molecular flexibility index (Phi) is 6.91. The fourth-order valence-electron chi connectivity index (χ4n) is 2.47. The molecule has 2 rings (SSSR count). The number of nitrogens with one attached hydrogen (secondary N) is 2. The highest BCUT2D eigenvalue weighted by Gasteiger charge is 2.18. The summed E-state index contributed by atoms with van der Waals surface area (Å²) in [6.07, 6.45) is 0.747. The van der Waals surface area contributed by atoms with Crippen molar-refractivity contribution in [2.45, 2.75) is 26.3 Å². The van der Waals surface area contributed by atoms with Crippen LogP contribution in [-0.2, 0) is 0 Å². The molecule has 0 aliphatic heterocycles. The molecule has 1 aromatic heterocycles. The molecule has 0 saturated heterocycles. The monoisotopic (exact) mass is 389 g/mol. The number of rotatable bonds is 8. The lowest BCUT2D eigenvalue weighted by molar-refractivity contribution is 0.0998. The molecule has 0 fully saturated rings. The van der Waals surface area contributed by atoms with Crippen molar-refractivity contribution in [2.75, 3.05) is 5.32 Å². The molecule has 0 radical (unpaired) electrons. The number of aromatic hydroxyl groups is 1. The van der Waals surface area contributed by atoms with Crippen molar-refractivity contribution in [3.63, 3.8) is 0 Å². The number of anilines is 1. The molecule has 0 aliphatic carbocycles. The normalized spacial score (nSPS) is 12.5. The Morgan fingerprint density at radius 3 is 2.70 bits per heavy atom. The zero-order chi connectivity index (χ0) is 20.0. The molecule has 2 aromatic rings. The van der Waals surface area contributed by atoms with Gasteiger partial charge in [-0.3, -0.25) is 9.93 Å². The van der Waals surface area contributed by atoms with Crippen molar-refractivity contribution in [3.05, 3.63) is 59.7 Å². The molecule has 0 bridgehead atoms. The molecule has 1 aromatic carbocycles. The summed E-state index contributed by atoms with van der Waals surface area (Å²) in [5.74, 6) is 0.865. The van der Waals surface area contributed by atoms with Crippen LogP contribution in [0.25, 0.3) is 0 Å². The summed E-state index contributed by atoms with van der Waals surface area (Å²) in [6.45, 7) is 7.87. The number of nitrogens with two attached hydrogens (primary N) is 2. The third kappa shape index (κ3) is 5.05. The van der Waals surface area contributed by atoms with Crippen molar-refractivity contribution in [2.24, 2.45) is 15.3 Å². The van der Waals surface area contributed by atoms with E-state index >= 15 is 0 Å². The van der Waals surface area contributed by atoms with Gasteiger partial charge in [0.15, 0.2) is 11.6 Å². The van der Waals surface area contributed by atoms with Crippen LogP contribution < -0.4 is 21.5 Å². The van der Waals surface area contributed by atoms with E-state index in [-0.39, 0.29) is 23.0 Å². The van der Waals surface area contributed by atoms with Gasteiger partial charge in [-0.05, 0) is 37.6 Å². The van der Waals surface area contributed by atoms with Gasteiger partial charge in [0.25, 0.3) is 5.91 Å². The second-order valence-corrected chi connectivity index (χ2v) is 6.16. The highest BCUT2D eigenvalue weighted by molar-refractivity contribution is 7.95. The Morgan fingerprint density at radius 2 is 2.15 bits per heavy atom. The number of amides is 1. The second kappa shape index (κ2) is 9.15. The molecule has 144 valence electrons. The van der Waals surface area contributed by atoms with E-state index in [1.807, 2.05) is 26.0 Å². The van der Waals surface area contributed by atoms with E-state index in [1.54, 1.807) is 12.1 Å². The molecule has 0 spiro atoms. The fourth-order valence-corrected chi connectivity index (χ4v) is 2.73. The summed E-state index contributed by atoms with van der Waals surface area (Å²) < 4.78 is 9.77. The largest absolute Gasteiger partial charge is 0.505 e. The van der Waals surface area contributed by atoms with E-state index in [1.165, 1.54) is 6.07 Å². The van der Waals surface area contributed by atoms with Gasteiger partial charge < -0.3 is 25.9 Å². The van der Waals surface area contributed by atoms with Crippen LogP contribution in [0.2, 0.25) is 0 Å². The molecular formula is C18H23N5O3S. The number of phenols is 1. The SMILES string of the molecule is C=C(N[C@H](CC)c1ccc(C)o1)/C(=N\SN)Nc1cccc(C(N)=O)c1O. The van der Waals surface area contributed by atoms with Gasteiger partial charge in [-0.15, -0.1) is 0 Å². The lowest BCUT2D eigenvalue weighted by Crippen LogP contribution is -2.28. The second-order valence-electron chi connectivity index (χ2n) is 5.77. The molecular weight excluding hydrogens is 366 g/mol. The molecule has 7 N–H and O–H groups in total. The van der Waals surface area contributed by atoms with Gasteiger partial charge >= 0.3 is 0 Å². The fraction of sp³-hybridized carbons (Fsp3) is 0.222. The van der Waals surface area contributed by atoms with Gasteiger partial charge in [-0.1, -0.05) is 19.6 Å². The molecule has 9 heteroatoms. The van der Waals surface area contributed by atoms with Crippen LogP contribution >= 0.6 is 12.1 Å².